The third-order valence-corrected chi connectivity index (χ3v) is 2.98. The van der Waals surface area contributed by atoms with Crippen molar-refractivity contribution >= 4 is 10.8 Å². The molecule has 0 atom stereocenters. The minimum atomic E-state index is 1.16. The molecule has 1 heterocycles. The first kappa shape index (κ1) is 9.91. The first-order valence-corrected chi connectivity index (χ1v) is 5.66. The van der Waals surface area contributed by atoms with Gasteiger partial charge in [-0.15, -0.1) is 0 Å². The summed E-state index contributed by atoms with van der Waals surface area (Å²) in [6.45, 7) is 0. The Morgan fingerprint density at radius 3 is 2.29 bits per heavy atom. The number of aromatic nitrogens is 1. The lowest BCUT2D eigenvalue weighted by Gasteiger charge is -2.11. The number of hydrogen-bond donors (Lipinski definition) is 0. The second-order valence-electron chi connectivity index (χ2n) is 4.09. The Kier molecular flexibility index (Phi) is 2.30. The molecule has 0 amide bonds. The second-order valence-corrected chi connectivity index (χ2v) is 4.09. The van der Waals surface area contributed by atoms with Crippen LogP contribution in [0, 0.1) is 7.05 Å². The van der Waals surface area contributed by atoms with Gasteiger partial charge in [0.1, 0.15) is 5.69 Å². The van der Waals surface area contributed by atoms with E-state index >= 15 is 0 Å². The molecule has 0 aliphatic carbocycles. The summed E-state index contributed by atoms with van der Waals surface area (Å²) in [7, 11) is 4.06. The Labute approximate surface area is 101 Å². The predicted molar refractivity (Wildman–Crippen MR) is 70.3 cm³/mol. The minimum absolute atomic E-state index is 1.16. The summed E-state index contributed by atoms with van der Waals surface area (Å²) < 4.78 is 1.93. The minimum Gasteiger partial charge on any atom is -0.332 e. The van der Waals surface area contributed by atoms with Gasteiger partial charge in [-0.1, -0.05) is 54.6 Å². The average Bonchev–Trinajstić information content (AvgIpc) is 2.39. The zero-order chi connectivity index (χ0) is 11.7. The molecule has 0 spiro atoms. The molecule has 3 aromatic rings. The van der Waals surface area contributed by atoms with Crippen molar-refractivity contribution < 1.29 is 4.57 Å². The SMILES string of the molecule is [CH2-][n+]1ccc2ccccc2c1-c1ccccc1. The maximum absolute atomic E-state index is 4.06. The Morgan fingerprint density at radius 2 is 1.47 bits per heavy atom. The molecule has 0 bridgehead atoms. The largest absolute Gasteiger partial charge is 0.332 e. The highest BCUT2D eigenvalue weighted by molar-refractivity contribution is 5.92. The zero-order valence-electron chi connectivity index (χ0n) is 9.51. The molecule has 0 unspecified atom stereocenters. The Balaban J connectivity index is 2.39. The summed E-state index contributed by atoms with van der Waals surface area (Å²) in [4.78, 5) is 0. The van der Waals surface area contributed by atoms with Crippen molar-refractivity contribution in [1.82, 2.24) is 0 Å². The van der Waals surface area contributed by atoms with Gasteiger partial charge in [-0.25, -0.2) is 0 Å². The van der Waals surface area contributed by atoms with Crippen LogP contribution in [0.15, 0.2) is 66.9 Å². The molecule has 1 nitrogen and oxygen atoms in total. The van der Waals surface area contributed by atoms with Crippen LogP contribution in [0.2, 0.25) is 0 Å². The number of nitrogens with zero attached hydrogens (tertiary/aromatic N) is 1. The Hall–Kier alpha value is -2.28. The molecule has 0 aliphatic rings. The van der Waals surface area contributed by atoms with E-state index in [1.807, 2.05) is 16.8 Å². The molecule has 2 aromatic carbocycles. The van der Waals surface area contributed by atoms with Gasteiger partial charge in [0.25, 0.3) is 0 Å². The highest BCUT2D eigenvalue weighted by atomic mass is 14.9. The highest BCUT2D eigenvalue weighted by Crippen LogP contribution is 2.24. The van der Waals surface area contributed by atoms with Crippen LogP contribution in [-0.2, 0) is 0 Å². The van der Waals surface area contributed by atoms with Crippen molar-refractivity contribution in [3.63, 3.8) is 0 Å². The van der Waals surface area contributed by atoms with Crippen LogP contribution >= 0.6 is 0 Å². The molecule has 0 saturated carbocycles. The van der Waals surface area contributed by atoms with E-state index in [4.69, 9.17) is 0 Å². The van der Waals surface area contributed by atoms with Crippen LogP contribution in [0.5, 0.6) is 0 Å². The molecule has 1 aromatic heterocycles. The van der Waals surface area contributed by atoms with Crippen LogP contribution in [0.4, 0.5) is 0 Å². The van der Waals surface area contributed by atoms with E-state index in [9.17, 15) is 0 Å². The fraction of sp³-hybridized carbons (Fsp3) is 0. The van der Waals surface area contributed by atoms with Gasteiger partial charge in [0.15, 0.2) is 0 Å². The fourth-order valence-electron chi connectivity index (χ4n) is 2.17. The molecule has 0 radical (unpaired) electrons. The summed E-state index contributed by atoms with van der Waals surface area (Å²) in [5.41, 5.74) is 2.35. The third-order valence-electron chi connectivity index (χ3n) is 2.98. The number of pyridine rings is 1. The Morgan fingerprint density at radius 1 is 0.765 bits per heavy atom. The van der Waals surface area contributed by atoms with Crippen molar-refractivity contribution in [2.24, 2.45) is 0 Å². The molecule has 0 saturated heterocycles. The van der Waals surface area contributed by atoms with Crippen molar-refractivity contribution in [3.05, 3.63) is 73.9 Å². The molecule has 0 N–H and O–H groups in total. The maximum atomic E-state index is 4.06. The van der Waals surface area contributed by atoms with E-state index < -0.39 is 0 Å². The highest BCUT2D eigenvalue weighted by Gasteiger charge is 2.06. The first-order valence-electron chi connectivity index (χ1n) is 5.66. The van der Waals surface area contributed by atoms with Gasteiger partial charge in [0.05, 0.1) is 6.20 Å². The van der Waals surface area contributed by atoms with Gasteiger partial charge in [0.2, 0.25) is 0 Å². The topological polar surface area (TPSA) is 3.88 Å². The average molecular weight is 219 g/mol. The molecule has 17 heavy (non-hydrogen) atoms. The smallest absolute Gasteiger partial charge is 0.119 e. The number of benzene rings is 2. The summed E-state index contributed by atoms with van der Waals surface area (Å²) in [6.07, 6.45) is 2.00. The summed E-state index contributed by atoms with van der Waals surface area (Å²) >= 11 is 0. The van der Waals surface area contributed by atoms with Crippen LogP contribution < -0.4 is 4.57 Å². The molecule has 3 rings (SSSR count). The monoisotopic (exact) mass is 219 g/mol. The predicted octanol–water partition coefficient (Wildman–Crippen LogP) is 3.43. The van der Waals surface area contributed by atoms with Crippen molar-refractivity contribution in [2.75, 3.05) is 0 Å². The lowest BCUT2D eigenvalue weighted by atomic mass is 10.0. The molecular formula is C16H13N. The third kappa shape index (κ3) is 1.66. The van der Waals surface area contributed by atoms with Crippen LogP contribution in [0.25, 0.3) is 22.0 Å². The molecule has 82 valence electrons. The van der Waals surface area contributed by atoms with Crippen LogP contribution in [-0.4, -0.2) is 0 Å². The van der Waals surface area contributed by atoms with Crippen LogP contribution in [0.1, 0.15) is 0 Å². The van der Waals surface area contributed by atoms with Gasteiger partial charge in [-0.3, -0.25) is 0 Å². The Bertz CT molecular complexity index is 657. The van der Waals surface area contributed by atoms with Crippen LogP contribution in [0.3, 0.4) is 0 Å². The number of fused-ring (bicyclic) bond motifs is 1. The van der Waals surface area contributed by atoms with E-state index in [0.29, 0.717) is 0 Å². The molecule has 0 fully saturated rings. The van der Waals surface area contributed by atoms with E-state index in [0.717, 1.165) is 5.69 Å². The summed E-state index contributed by atoms with van der Waals surface area (Å²) in [5, 5.41) is 2.47. The molecule has 0 aliphatic heterocycles. The fourth-order valence-corrected chi connectivity index (χ4v) is 2.17. The molecule has 1 heteroatoms. The van der Waals surface area contributed by atoms with E-state index in [1.165, 1.54) is 16.3 Å². The van der Waals surface area contributed by atoms with Crippen molar-refractivity contribution in [3.8, 4) is 11.3 Å². The lowest BCUT2D eigenvalue weighted by Crippen LogP contribution is -2.27. The summed E-state index contributed by atoms with van der Waals surface area (Å²) in [6, 6.07) is 20.8. The quantitative estimate of drug-likeness (QED) is 0.436. The van der Waals surface area contributed by atoms with E-state index in [2.05, 4.69) is 61.6 Å². The second kappa shape index (κ2) is 3.95. The van der Waals surface area contributed by atoms with Crippen molar-refractivity contribution in [2.45, 2.75) is 0 Å². The van der Waals surface area contributed by atoms with E-state index in [-0.39, 0.29) is 0 Å². The zero-order valence-corrected chi connectivity index (χ0v) is 9.51. The van der Waals surface area contributed by atoms with Gasteiger partial charge >= 0.3 is 0 Å². The first-order chi connectivity index (χ1) is 8.36. The van der Waals surface area contributed by atoms with Crippen molar-refractivity contribution in [1.29, 1.82) is 0 Å². The van der Waals surface area contributed by atoms with Gasteiger partial charge in [-0.2, -0.15) is 0 Å². The number of hydrogen-bond acceptors (Lipinski definition) is 0. The normalized spacial score (nSPS) is 10.6. The summed E-state index contributed by atoms with van der Waals surface area (Å²) in [5.74, 6) is 0. The number of rotatable bonds is 1. The van der Waals surface area contributed by atoms with Gasteiger partial charge in [0, 0.05) is 7.05 Å². The van der Waals surface area contributed by atoms with E-state index in [1.54, 1.807) is 0 Å². The standard InChI is InChI=1S/C16H13N/c1-17-12-11-13-7-5-6-10-15(13)16(17)14-8-3-2-4-9-14/h2-12H,1H2. The van der Waals surface area contributed by atoms with Gasteiger partial charge < -0.3 is 4.57 Å². The lowest BCUT2D eigenvalue weighted by molar-refractivity contribution is -0.599. The maximum Gasteiger partial charge on any atom is 0.119 e. The van der Waals surface area contributed by atoms with Gasteiger partial charge in [-0.05, 0) is 22.4 Å². The molecular weight excluding hydrogens is 206 g/mol.